The fraction of sp³-hybridized carbons (Fsp3) is 0.851. The Morgan fingerprint density at radius 1 is 0.589 bits per heavy atom. The van der Waals surface area contributed by atoms with Crippen LogP contribution in [0.5, 0.6) is 0 Å². The normalized spacial score (nSPS) is 14.6. The van der Waals surface area contributed by atoms with Crippen molar-refractivity contribution in [2.75, 3.05) is 40.9 Å². The van der Waals surface area contributed by atoms with Gasteiger partial charge in [-0.25, -0.2) is 4.57 Å². The Hall–Kier alpha value is -1.28. The molecule has 0 bridgehead atoms. The van der Waals surface area contributed by atoms with Crippen molar-refractivity contribution in [2.45, 2.75) is 219 Å². The molecule has 0 aromatic carbocycles. The second kappa shape index (κ2) is 39.2. The molecule has 0 fully saturated rings. The summed E-state index contributed by atoms with van der Waals surface area (Å²) in [5.41, 5.74) is 0. The molecule has 0 aliphatic heterocycles. The molecule has 0 aromatic rings. The molecule has 0 heterocycles. The Morgan fingerprint density at radius 3 is 1.43 bits per heavy atom. The Balaban J connectivity index is 4.44. The summed E-state index contributed by atoms with van der Waals surface area (Å²) in [6.45, 7) is 4.78. The highest BCUT2D eigenvalue weighted by Gasteiger charge is 2.27. The number of rotatable bonds is 42. The van der Waals surface area contributed by atoms with E-state index in [9.17, 15) is 19.4 Å². The summed E-state index contributed by atoms with van der Waals surface area (Å²) in [7, 11) is 1.55. The van der Waals surface area contributed by atoms with Crippen LogP contribution in [-0.2, 0) is 18.4 Å². The molecule has 3 N–H and O–H groups in total. The van der Waals surface area contributed by atoms with Crippen LogP contribution in [0.4, 0.5) is 0 Å². The molecule has 330 valence electrons. The van der Waals surface area contributed by atoms with Gasteiger partial charge >= 0.3 is 7.82 Å². The lowest BCUT2D eigenvalue weighted by atomic mass is 10.0. The summed E-state index contributed by atoms with van der Waals surface area (Å²) in [6, 6.07) is -0.865. The molecule has 0 saturated carbocycles. The predicted molar refractivity (Wildman–Crippen MR) is 240 cm³/mol. The summed E-state index contributed by atoms with van der Waals surface area (Å²) >= 11 is 0. The monoisotopic (exact) mass is 812 g/mol. The number of aliphatic hydroxyl groups is 1. The van der Waals surface area contributed by atoms with Crippen molar-refractivity contribution in [3.63, 3.8) is 0 Å². The first-order valence-corrected chi connectivity index (χ1v) is 24.9. The molecular formula is C47H92N2O6P+. The zero-order valence-electron chi connectivity index (χ0n) is 37.4. The van der Waals surface area contributed by atoms with E-state index in [1.165, 1.54) is 135 Å². The largest absolute Gasteiger partial charge is 0.472 e. The number of phosphoric acid groups is 1. The third-order valence-electron chi connectivity index (χ3n) is 10.3. The van der Waals surface area contributed by atoms with E-state index in [1.807, 2.05) is 27.2 Å². The number of aliphatic hydroxyl groups excluding tert-OH is 1. The Labute approximate surface area is 347 Å². The number of nitrogens with one attached hydrogen (secondary N) is 1. The molecule has 0 saturated heterocycles. The van der Waals surface area contributed by atoms with Crippen molar-refractivity contribution in [1.82, 2.24) is 5.32 Å². The highest BCUT2D eigenvalue weighted by molar-refractivity contribution is 7.47. The Morgan fingerprint density at radius 2 is 0.982 bits per heavy atom. The number of quaternary nitrogens is 1. The summed E-state index contributed by atoms with van der Waals surface area (Å²) in [5, 5.41) is 13.8. The van der Waals surface area contributed by atoms with Gasteiger partial charge in [0.25, 0.3) is 0 Å². The molecule has 0 radical (unpaired) electrons. The van der Waals surface area contributed by atoms with E-state index in [4.69, 9.17) is 9.05 Å². The highest BCUT2D eigenvalue weighted by Crippen LogP contribution is 2.43. The van der Waals surface area contributed by atoms with Crippen molar-refractivity contribution in [1.29, 1.82) is 0 Å². The van der Waals surface area contributed by atoms with E-state index >= 15 is 0 Å². The topological polar surface area (TPSA) is 105 Å². The number of likely N-dealkylation sites (N-methyl/N-ethyl adjacent to an activating group) is 1. The molecule has 1 amide bonds. The van der Waals surface area contributed by atoms with E-state index in [-0.39, 0.29) is 19.1 Å². The number of unbranched alkanes of at least 4 members (excludes halogenated alkanes) is 25. The average Bonchev–Trinajstić information content (AvgIpc) is 3.15. The molecule has 9 heteroatoms. The zero-order valence-corrected chi connectivity index (χ0v) is 38.3. The van der Waals surface area contributed by atoms with Crippen molar-refractivity contribution < 1.29 is 32.9 Å². The third kappa shape index (κ3) is 40.9. The van der Waals surface area contributed by atoms with E-state index in [1.54, 1.807) is 6.08 Å². The number of hydrogen-bond acceptors (Lipinski definition) is 5. The number of carbonyl (C=O) groups is 1. The first-order valence-electron chi connectivity index (χ1n) is 23.4. The molecule has 0 aliphatic carbocycles. The molecule has 0 spiro atoms. The molecule has 3 unspecified atom stereocenters. The highest BCUT2D eigenvalue weighted by atomic mass is 31.2. The summed E-state index contributed by atoms with van der Waals surface area (Å²) in [6.07, 6.45) is 47.9. The molecule has 0 rings (SSSR count). The second-order valence-electron chi connectivity index (χ2n) is 17.1. The van der Waals surface area contributed by atoms with E-state index in [2.05, 4.69) is 43.5 Å². The van der Waals surface area contributed by atoms with Crippen LogP contribution >= 0.6 is 7.82 Å². The number of phosphoric ester groups is 1. The van der Waals surface area contributed by atoms with Crippen LogP contribution in [0.3, 0.4) is 0 Å². The van der Waals surface area contributed by atoms with Gasteiger partial charge in [-0.05, 0) is 57.8 Å². The number of carbonyl (C=O) groups excluding carboxylic acids is 1. The van der Waals surface area contributed by atoms with Gasteiger partial charge in [0.2, 0.25) is 5.91 Å². The average molecular weight is 812 g/mol. The first-order chi connectivity index (χ1) is 27.0. The van der Waals surface area contributed by atoms with Crippen LogP contribution < -0.4 is 5.32 Å². The lowest BCUT2D eigenvalue weighted by molar-refractivity contribution is -0.870. The standard InChI is InChI=1S/C47H91N2O6P/c1-6-8-10-12-14-16-18-20-22-23-24-25-26-27-28-30-32-34-36-38-40-46(50)45(44-55-56(52,53)54-43-42-49(3,4)5)48-47(51)41-39-37-35-33-31-29-21-19-17-15-13-11-9-7-2/h19,21,30,32,38,40,45-46,50H,6-18,20,22-29,31,33-37,39,41-44H2,1-5H3,(H-,48,51,52,53)/p+1/b21-19-,32-30+,40-38+. The van der Waals surface area contributed by atoms with Crippen LogP contribution in [0.15, 0.2) is 36.5 Å². The minimum absolute atomic E-state index is 0.0547. The van der Waals surface area contributed by atoms with Gasteiger partial charge in [-0.3, -0.25) is 13.8 Å². The zero-order chi connectivity index (χ0) is 41.4. The van der Waals surface area contributed by atoms with Crippen molar-refractivity contribution >= 4 is 13.7 Å². The maximum atomic E-state index is 12.9. The van der Waals surface area contributed by atoms with Gasteiger partial charge in [-0.15, -0.1) is 0 Å². The minimum atomic E-state index is -4.35. The fourth-order valence-electron chi connectivity index (χ4n) is 6.58. The van der Waals surface area contributed by atoms with Gasteiger partial charge in [-0.1, -0.05) is 179 Å². The number of nitrogens with zero attached hydrogens (tertiary/aromatic N) is 1. The maximum absolute atomic E-state index is 12.9. The summed E-state index contributed by atoms with van der Waals surface area (Å²) < 4.78 is 23.5. The molecule has 3 atom stereocenters. The van der Waals surface area contributed by atoms with Gasteiger partial charge in [0.1, 0.15) is 13.2 Å². The molecule has 56 heavy (non-hydrogen) atoms. The third-order valence-corrected chi connectivity index (χ3v) is 11.3. The van der Waals surface area contributed by atoms with E-state index < -0.39 is 20.0 Å². The lowest BCUT2D eigenvalue weighted by Gasteiger charge is -2.25. The Bertz CT molecular complexity index is 1010. The lowest BCUT2D eigenvalue weighted by Crippen LogP contribution is -2.45. The van der Waals surface area contributed by atoms with Crippen LogP contribution in [0.2, 0.25) is 0 Å². The SMILES string of the molecule is CCCCCCC/C=C\CCCCCCCC(=O)NC(COP(=O)(O)OCC[N+](C)(C)C)C(O)/C=C/CC/C=C/CCCCCCCCCCCCCCCC. The fourth-order valence-corrected chi connectivity index (χ4v) is 7.32. The van der Waals surface area contributed by atoms with Gasteiger partial charge in [0, 0.05) is 6.42 Å². The van der Waals surface area contributed by atoms with Crippen LogP contribution in [0.1, 0.15) is 206 Å². The van der Waals surface area contributed by atoms with Crippen molar-refractivity contribution in [3.8, 4) is 0 Å². The molecule has 0 aromatic heterocycles. The first kappa shape index (κ1) is 54.7. The Kier molecular flexibility index (Phi) is 38.3. The quantitative estimate of drug-likeness (QED) is 0.0245. The van der Waals surface area contributed by atoms with E-state index in [0.29, 0.717) is 17.4 Å². The van der Waals surface area contributed by atoms with Gasteiger partial charge < -0.3 is 19.8 Å². The number of amides is 1. The van der Waals surface area contributed by atoms with Crippen LogP contribution in [0, 0.1) is 0 Å². The minimum Gasteiger partial charge on any atom is -0.387 e. The summed E-state index contributed by atoms with van der Waals surface area (Å²) in [5.74, 6) is -0.196. The number of hydrogen-bond donors (Lipinski definition) is 3. The molecule has 8 nitrogen and oxygen atoms in total. The maximum Gasteiger partial charge on any atom is 0.472 e. The van der Waals surface area contributed by atoms with Crippen LogP contribution in [-0.4, -0.2) is 73.4 Å². The van der Waals surface area contributed by atoms with Crippen molar-refractivity contribution in [3.05, 3.63) is 36.5 Å². The summed E-state index contributed by atoms with van der Waals surface area (Å²) in [4.78, 5) is 23.1. The smallest absolute Gasteiger partial charge is 0.387 e. The second-order valence-corrected chi connectivity index (χ2v) is 18.6. The van der Waals surface area contributed by atoms with Crippen LogP contribution in [0.25, 0.3) is 0 Å². The van der Waals surface area contributed by atoms with Gasteiger partial charge in [-0.2, -0.15) is 0 Å². The van der Waals surface area contributed by atoms with Crippen molar-refractivity contribution in [2.24, 2.45) is 0 Å². The van der Waals surface area contributed by atoms with Gasteiger partial charge in [0.05, 0.1) is 39.9 Å². The molecular weight excluding hydrogens is 719 g/mol. The number of allylic oxidation sites excluding steroid dienone is 5. The van der Waals surface area contributed by atoms with E-state index in [0.717, 1.165) is 51.4 Å². The van der Waals surface area contributed by atoms with Gasteiger partial charge in [0.15, 0.2) is 0 Å². The molecule has 0 aliphatic rings. The predicted octanol–water partition coefficient (Wildman–Crippen LogP) is 13.1.